The van der Waals surface area contributed by atoms with E-state index in [1.54, 1.807) is 24.6 Å². The van der Waals surface area contributed by atoms with Gasteiger partial charge in [0.05, 0.1) is 5.02 Å². The molecule has 7 heteroatoms. The predicted molar refractivity (Wildman–Crippen MR) is 88.9 cm³/mol. The number of pyridine rings is 1. The number of fused-ring (bicyclic) bond motifs is 1. The van der Waals surface area contributed by atoms with Crippen LogP contribution in [0.15, 0.2) is 17.3 Å². The number of imidazole rings is 1. The van der Waals surface area contributed by atoms with E-state index in [1.165, 1.54) is 0 Å². The molecule has 0 spiro atoms. The molecule has 3 N–H and O–H groups in total. The third-order valence-electron chi connectivity index (χ3n) is 3.16. The fourth-order valence-electron chi connectivity index (χ4n) is 2.08. The normalized spacial score (nSPS) is 14.8. The second kappa shape index (κ2) is 5.81. The Morgan fingerprint density at radius 1 is 1.45 bits per heavy atom. The highest BCUT2D eigenvalue weighted by atomic mass is 35.5. The summed E-state index contributed by atoms with van der Waals surface area (Å²) in [6, 6.07) is 1.80. The summed E-state index contributed by atoms with van der Waals surface area (Å²) in [5.41, 5.74) is 2.16. The molecule has 2 aromatic heterocycles. The lowest BCUT2D eigenvalue weighted by Gasteiger charge is -2.04. The lowest BCUT2D eigenvalue weighted by Crippen LogP contribution is -2.08. The Morgan fingerprint density at radius 2 is 2.27 bits per heavy atom. The minimum absolute atomic E-state index is 0.0596. The number of H-pyrrole nitrogens is 1. The van der Waals surface area contributed by atoms with E-state index in [9.17, 15) is 5.11 Å². The first kappa shape index (κ1) is 14.6. The van der Waals surface area contributed by atoms with E-state index >= 15 is 0 Å². The number of rotatable bonds is 4. The van der Waals surface area contributed by atoms with E-state index in [2.05, 4.69) is 39.1 Å². The molecule has 0 aromatic carbocycles. The Balaban J connectivity index is 1.88. The van der Waals surface area contributed by atoms with Crippen LogP contribution >= 0.6 is 11.6 Å². The highest BCUT2D eigenvalue weighted by Crippen LogP contribution is 2.33. The Labute approximate surface area is 133 Å². The van der Waals surface area contributed by atoms with Gasteiger partial charge in [0, 0.05) is 30.1 Å². The Kier molecular flexibility index (Phi) is 3.85. The minimum Gasteiger partial charge on any atom is -0.492 e. The number of hydrogen-bond donors (Lipinski definition) is 3. The average Bonchev–Trinajstić information content (AvgIpc) is 3.02. The maximum Gasteiger partial charge on any atom is 0.238 e. The number of aromatic nitrogens is 3. The van der Waals surface area contributed by atoms with Gasteiger partial charge in [-0.25, -0.2) is 9.98 Å². The van der Waals surface area contributed by atoms with Gasteiger partial charge in [-0.1, -0.05) is 25.4 Å². The fraction of sp³-hybridized carbons (Fsp3) is 0.267. The van der Waals surface area contributed by atoms with Gasteiger partial charge in [0.2, 0.25) is 11.8 Å². The molecule has 0 atom stereocenters. The first-order valence-corrected chi connectivity index (χ1v) is 7.35. The van der Waals surface area contributed by atoms with Gasteiger partial charge in [-0.2, -0.15) is 4.98 Å². The van der Waals surface area contributed by atoms with Gasteiger partial charge in [-0.05, 0) is 18.1 Å². The SMILES string of the molecule is CC(C)CNc1nc(O)c(/C=C2/C=Nc3ncc(Cl)cc32)[nH]1. The monoisotopic (exact) mass is 317 g/mol. The van der Waals surface area contributed by atoms with E-state index in [1.807, 2.05) is 0 Å². The van der Waals surface area contributed by atoms with Crippen molar-refractivity contribution >= 4 is 41.2 Å². The Morgan fingerprint density at radius 3 is 3.05 bits per heavy atom. The van der Waals surface area contributed by atoms with Crippen molar-refractivity contribution < 1.29 is 5.11 Å². The molecule has 2 aromatic rings. The van der Waals surface area contributed by atoms with Crippen LogP contribution in [0.4, 0.5) is 11.8 Å². The molecule has 1 aliphatic heterocycles. The van der Waals surface area contributed by atoms with Gasteiger partial charge < -0.3 is 15.4 Å². The van der Waals surface area contributed by atoms with Crippen molar-refractivity contribution in [2.45, 2.75) is 13.8 Å². The molecule has 0 aliphatic carbocycles. The molecule has 3 rings (SSSR count). The molecular weight excluding hydrogens is 302 g/mol. The zero-order valence-electron chi connectivity index (χ0n) is 12.3. The largest absolute Gasteiger partial charge is 0.492 e. The number of hydrogen-bond acceptors (Lipinski definition) is 5. The van der Waals surface area contributed by atoms with Crippen LogP contribution in [0.2, 0.25) is 5.02 Å². The minimum atomic E-state index is -0.0596. The van der Waals surface area contributed by atoms with Crippen LogP contribution in [0, 0.1) is 5.92 Å². The summed E-state index contributed by atoms with van der Waals surface area (Å²) in [6.07, 6.45) is 5.02. The molecule has 0 radical (unpaired) electrons. The van der Waals surface area contributed by atoms with Gasteiger partial charge in [-0.15, -0.1) is 0 Å². The van der Waals surface area contributed by atoms with E-state index in [0.29, 0.717) is 28.4 Å². The Hall–Kier alpha value is -2.34. The molecule has 1 aliphatic rings. The van der Waals surface area contributed by atoms with Gasteiger partial charge in [0.25, 0.3) is 0 Å². The van der Waals surface area contributed by atoms with Crippen molar-refractivity contribution in [2.75, 3.05) is 11.9 Å². The van der Waals surface area contributed by atoms with Gasteiger partial charge in [0.1, 0.15) is 5.69 Å². The van der Waals surface area contributed by atoms with Crippen molar-refractivity contribution in [1.29, 1.82) is 0 Å². The summed E-state index contributed by atoms with van der Waals surface area (Å²) in [5.74, 6) is 1.58. The van der Waals surface area contributed by atoms with E-state index in [-0.39, 0.29) is 5.88 Å². The summed E-state index contributed by atoms with van der Waals surface area (Å²) >= 11 is 5.97. The number of nitrogens with one attached hydrogen (secondary N) is 2. The van der Waals surface area contributed by atoms with Crippen molar-refractivity contribution in [3.63, 3.8) is 0 Å². The van der Waals surface area contributed by atoms with E-state index < -0.39 is 0 Å². The number of aromatic amines is 1. The highest BCUT2D eigenvalue weighted by Gasteiger charge is 2.16. The summed E-state index contributed by atoms with van der Waals surface area (Å²) in [6.45, 7) is 4.97. The fourth-order valence-corrected chi connectivity index (χ4v) is 2.24. The molecule has 0 saturated carbocycles. The third-order valence-corrected chi connectivity index (χ3v) is 3.37. The lowest BCUT2D eigenvalue weighted by molar-refractivity contribution is 0.455. The lowest BCUT2D eigenvalue weighted by atomic mass is 10.1. The second-order valence-corrected chi connectivity index (χ2v) is 5.92. The van der Waals surface area contributed by atoms with Crippen molar-refractivity contribution in [3.05, 3.63) is 28.5 Å². The zero-order chi connectivity index (χ0) is 15.7. The number of nitrogens with zero attached hydrogens (tertiary/aromatic N) is 3. The van der Waals surface area contributed by atoms with Crippen LogP contribution in [0.3, 0.4) is 0 Å². The third kappa shape index (κ3) is 2.96. The number of halogens is 1. The topological polar surface area (TPSA) is 86.2 Å². The van der Waals surface area contributed by atoms with Crippen LogP contribution in [0.5, 0.6) is 5.88 Å². The average molecular weight is 318 g/mol. The van der Waals surface area contributed by atoms with Crippen LogP contribution in [0.25, 0.3) is 11.6 Å². The first-order valence-electron chi connectivity index (χ1n) is 6.97. The standard InChI is InChI=1S/C15H16ClN5O/c1-8(2)5-19-15-20-12(14(22)21-15)3-9-6-17-13-11(9)4-10(16)7-18-13/h3-4,6-8,22H,5H2,1-2H3,(H2,19,20,21)/b9-3-. The Bertz CT molecular complexity index is 763. The zero-order valence-corrected chi connectivity index (χ0v) is 13.0. The van der Waals surface area contributed by atoms with Gasteiger partial charge in [-0.3, -0.25) is 0 Å². The molecule has 3 heterocycles. The molecule has 6 nitrogen and oxygen atoms in total. The van der Waals surface area contributed by atoms with Crippen LogP contribution in [0.1, 0.15) is 25.1 Å². The number of aliphatic imine (C=N–C) groups is 1. The molecule has 0 bridgehead atoms. The second-order valence-electron chi connectivity index (χ2n) is 5.48. The number of anilines is 1. The molecule has 114 valence electrons. The van der Waals surface area contributed by atoms with Crippen LogP contribution in [-0.2, 0) is 0 Å². The van der Waals surface area contributed by atoms with Gasteiger partial charge in [0.15, 0.2) is 5.82 Å². The van der Waals surface area contributed by atoms with E-state index in [4.69, 9.17) is 11.6 Å². The number of aromatic hydroxyl groups is 1. The smallest absolute Gasteiger partial charge is 0.238 e. The van der Waals surface area contributed by atoms with Crippen molar-refractivity contribution in [2.24, 2.45) is 10.9 Å². The molecule has 0 fully saturated rings. The summed E-state index contributed by atoms with van der Waals surface area (Å²) in [7, 11) is 0. The predicted octanol–water partition coefficient (Wildman–Crippen LogP) is 3.49. The van der Waals surface area contributed by atoms with Crippen LogP contribution < -0.4 is 5.32 Å². The number of allylic oxidation sites excluding steroid dienone is 1. The molecule has 0 unspecified atom stereocenters. The molecule has 0 saturated heterocycles. The maximum atomic E-state index is 9.95. The molecule has 22 heavy (non-hydrogen) atoms. The van der Waals surface area contributed by atoms with Crippen molar-refractivity contribution in [3.8, 4) is 5.88 Å². The maximum absolute atomic E-state index is 9.95. The summed E-state index contributed by atoms with van der Waals surface area (Å²) in [4.78, 5) is 15.5. The van der Waals surface area contributed by atoms with E-state index in [0.717, 1.165) is 17.7 Å². The van der Waals surface area contributed by atoms with Gasteiger partial charge >= 0.3 is 0 Å². The van der Waals surface area contributed by atoms with Crippen molar-refractivity contribution in [1.82, 2.24) is 15.0 Å². The highest BCUT2D eigenvalue weighted by molar-refractivity contribution is 6.31. The summed E-state index contributed by atoms with van der Waals surface area (Å²) in [5, 5.41) is 13.6. The van der Waals surface area contributed by atoms with Crippen LogP contribution in [-0.4, -0.2) is 32.8 Å². The quantitative estimate of drug-likeness (QED) is 0.805. The summed E-state index contributed by atoms with van der Waals surface area (Å²) < 4.78 is 0. The molecular formula is C15H16ClN5O. The molecule has 0 amide bonds. The first-order chi connectivity index (χ1) is 10.5.